The van der Waals surface area contributed by atoms with Crippen LogP contribution >= 0.6 is 23.6 Å². The highest BCUT2D eigenvalue weighted by atomic mass is 32.1. The average Bonchev–Trinajstić information content (AvgIpc) is 3.33. The van der Waals surface area contributed by atoms with Crippen molar-refractivity contribution in [1.29, 1.82) is 0 Å². The molecule has 2 aromatic rings. The molecule has 1 aromatic heterocycles. The zero-order valence-electron chi connectivity index (χ0n) is 14.0. The van der Waals surface area contributed by atoms with E-state index in [1.807, 2.05) is 5.38 Å². The van der Waals surface area contributed by atoms with Crippen molar-refractivity contribution >= 4 is 46.2 Å². The fourth-order valence-corrected chi connectivity index (χ4v) is 3.42. The molecule has 6 nitrogen and oxygen atoms in total. The van der Waals surface area contributed by atoms with Gasteiger partial charge in [0.2, 0.25) is 0 Å². The van der Waals surface area contributed by atoms with Crippen molar-refractivity contribution in [1.82, 2.24) is 10.6 Å². The molecule has 0 bridgehead atoms. The molecule has 0 spiro atoms. The second-order valence-electron chi connectivity index (χ2n) is 5.81. The molecule has 3 N–H and O–H groups in total. The Balaban J connectivity index is 1.53. The van der Waals surface area contributed by atoms with E-state index >= 15 is 0 Å². The molecule has 1 aliphatic heterocycles. The third kappa shape index (κ3) is 5.10. The lowest BCUT2D eigenvalue weighted by molar-refractivity contribution is 0.0857. The lowest BCUT2D eigenvalue weighted by atomic mass is 10.1. The molecule has 136 valence electrons. The zero-order chi connectivity index (χ0) is 18.4. The summed E-state index contributed by atoms with van der Waals surface area (Å²) >= 11 is 6.50. The van der Waals surface area contributed by atoms with Crippen LogP contribution in [0.4, 0.5) is 5.69 Å². The van der Waals surface area contributed by atoms with Crippen LogP contribution < -0.4 is 16.0 Å². The van der Waals surface area contributed by atoms with Gasteiger partial charge >= 0.3 is 0 Å². The lowest BCUT2D eigenvalue weighted by Crippen LogP contribution is -2.34. The molecule has 1 atom stereocenters. The van der Waals surface area contributed by atoms with Crippen LogP contribution in [0.25, 0.3) is 0 Å². The maximum absolute atomic E-state index is 12.3. The summed E-state index contributed by atoms with van der Waals surface area (Å²) in [6.07, 6.45) is 2.11. The molecule has 1 aromatic carbocycles. The number of thiocarbonyl (C=S) groups is 1. The van der Waals surface area contributed by atoms with Crippen LogP contribution in [-0.2, 0) is 4.74 Å². The van der Waals surface area contributed by atoms with Gasteiger partial charge in [0.1, 0.15) is 0 Å². The molecule has 2 heterocycles. The van der Waals surface area contributed by atoms with Crippen molar-refractivity contribution < 1.29 is 14.3 Å². The van der Waals surface area contributed by atoms with E-state index in [2.05, 4.69) is 16.0 Å². The van der Waals surface area contributed by atoms with E-state index in [4.69, 9.17) is 17.0 Å². The van der Waals surface area contributed by atoms with Crippen molar-refractivity contribution in [2.75, 3.05) is 18.5 Å². The minimum Gasteiger partial charge on any atom is -0.376 e. The number of carbonyl (C=O) groups is 2. The summed E-state index contributed by atoms with van der Waals surface area (Å²) in [5.41, 5.74) is 1.15. The van der Waals surface area contributed by atoms with Crippen LogP contribution in [0.1, 0.15) is 32.9 Å². The molecule has 2 amide bonds. The van der Waals surface area contributed by atoms with Crippen LogP contribution in [0.15, 0.2) is 41.8 Å². The Morgan fingerprint density at radius 2 is 2.12 bits per heavy atom. The Kier molecular flexibility index (Phi) is 6.32. The largest absolute Gasteiger partial charge is 0.376 e. The summed E-state index contributed by atoms with van der Waals surface area (Å²) < 4.78 is 5.50. The monoisotopic (exact) mass is 389 g/mol. The molecule has 8 heteroatoms. The van der Waals surface area contributed by atoms with E-state index < -0.39 is 0 Å². The van der Waals surface area contributed by atoms with E-state index in [-0.39, 0.29) is 23.0 Å². The number of hydrogen-bond acceptors (Lipinski definition) is 5. The summed E-state index contributed by atoms with van der Waals surface area (Å²) in [4.78, 5) is 24.8. The number of benzene rings is 1. The number of carbonyl (C=O) groups excluding carboxylic acids is 2. The molecule has 0 radical (unpaired) electrons. The van der Waals surface area contributed by atoms with Gasteiger partial charge < -0.3 is 15.4 Å². The predicted octanol–water partition coefficient (Wildman–Crippen LogP) is 2.78. The summed E-state index contributed by atoms with van der Waals surface area (Å²) in [7, 11) is 0. The first-order chi connectivity index (χ1) is 12.6. The molecule has 0 unspecified atom stereocenters. The number of ether oxygens (including phenoxy) is 1. The third-order valence-electron chi connectivity index (χ3n) is 3.87. The molecule has 1 saturated heterocycles. The number of anilines is 1. The van der Waals surface area contributed by atoms with Gasteiger partial charge in [-0.05, 0) is 54.7 Å². The number of thiophene rings is 1. The Labute approximate surface area is 160 Å². The van der Waals surface area contributed by atoms with Gasteiger partial charge in [-0.1, -0.05) is 12.1 Å². The van der Waals surface area contributed by atoms with Crippen molar-refractivity contribution in [2.45, 2.75) is 18.9 Å². The Morgan fingerprint density at radius 1 is 1.23 bits per heavy atom. The van der Waals surface area contributed by atoms with Crippen LogP contribution in [0.2, 0.25) is 0 Å². The second-order valence-corrected chi connectivity index (χ2v) is 7.17. The minimum atomic E-state index is -0.261. The fraction of sp³-hybridized carbons (Fsp3) is 0.278. The molecular formula is C18H19N3O3S2. The SMILES string of the molecule is O=C(NC[C@@H]1CCCO1)c1cccc(NC(=S)NC(=O)c2cccs2)c1. The van der Waals surface area contributed by atoms with E-state index in [0.29, 0.717) is 22.7 Å². The third-order valence-corrected chi connectivity index (χ3v) is 4.94. The molecule has 0 aliphatic carbocycles. The average molecular weight is 390 g/mol. The quantitative estimate of drug-likeness (QED) is 0.686. The zero-order valence-corrected chi connectivity index (χ0v) is 15.6. The molecule has 1 fully saturated rings. The Bertz CT molecular complexity index is 787. The first-order valence-corrected chi connectivity index (χ1v) is 9.56. The Hall–Kier alpha value is -2.29. The summed E-state index contributed by atoms with van der Waals surface area (Å²) in [5, 5.41) is 10.4. The number of rotatable bonds is 5. The number of hydrogen-bond donors (Lipinski definition) is 3. The molecule has 3 rings (SSSR count). The smallest absolute Gasteiger partial charge is 0.267 e. The topological polar surface area (TPSA) is 79.5 Å². The van der Waals surface area contributed by atoms with E-state index in [1.54, 1.807) is 36.4 Å². The van der Waals surface area contributed by atoms with Gasteiger partial charge in [0.25, 0.3) is 11.8 Å². The molecule has 1 aliphatic rings. The van der Waals surface area contributed by atoms with E-state index in [0.717, 1.165) is 19.4 Å². The Morgan fingerprint density at radius 3 is 2.85 bits per heavy atom. The minimum absolute atomic E-state index is 0.0975. The van der Waals surface area contributed by atoms with Gasteiger partial charge in [0.05, 0.1) is 11.0 Å². The van der Waals surface area contributed by atoms with Crippen LogP contribution in [-0.4, -0.2) is 36.2 Å². The molecule has 26 heavy (non-hydrogen) atoms. The lowest BCUT2D eigenvalue weighted by Gasteiger charge is -2.12. The van der Waals surface area contributed by atoms with Crippen LogP contribution in [0, 0.1) is 0 Å². The van der Waals surface area contributed by atoms with Gasteiger partial charge in [-0.25, -0.2) is 0 Å². The summed E-state index contributed by atoms with van der Waals surface area (Å²) in [6, 6.07) is 10.5. The highest BCUT2D eigenvalue weighted by Gasteiger charge is 2.17. The van der Waals surface area contributed by atoms with Crippen LogP contribution in [0.3, 0.4) is 0 Å². The highest BCUT2D eigenvalue weighted by molar-refractivity contribution is 7.80. The molecule has 0 saturated carbocycles. The maximum atomic E-state index is 12.3. The number of nitrogens with one attached hydrogen (secondary N) is 3. The first-order valence-electron chi connectivity index (χ1n) is 8.27. The normalized spacial score (nSPS) is 16.1. The summed E-state index contributed by atoms with van der Waals surface area (Å²) in [5.74, 6) is -0.430. The second kappa shape index (κ2) is 8.88. The fourth-order valence-electron chi connectivity index (χ4n) is 2.59. The van der Waals surface area contributed by atoms with E-state index in [1.165, 1.54) is 11.3 Å². The van der Waals surface area contributed by atoms with Crippen molar-refractivity contribution in [3.05, 3.63) is 52.2 Å². The van der Waals surface area contributed by atoms with Crippen molar-refractivity contribution in [3.63, 3.8) is 0 Å². The first kappa shape index (κ1) is 18.5. The summed E-state index contributed by atoms with van der Waals surface area (Å²) in [6.45, 7) is 1.26. The van der Waals surface area contributed by atoms with Crippen LogP contribution in [0.5, 0.6) is 0 Å². The van der Waals surface area contributed by atoms with Gasteiger partial charge in [-0.15, -0.1) is 11.3 Å². The van der Waals surface area contributed by atoms with Gasteiger partial charge in [-0.3, -0.25) is 14.9 Å². The number of amides is 2. The highest BCUT2D eigenvalue weighted by Crippen LogP contribution is 2.13. The van der Waals surface area contributed by atoms with E-state index in [9.17, 15) is 9.59 Å². The van der Waals surface area contributed by atoms with Crippen molar-refractivity contribution in [3.8, 4) is 0 Å². The maximum Gasteiger partial charge on any atom is 0.267 e. The standard InChI is InChI=1S/C18H19N3O3S2/c22-16(19-11-14-6-2-8-24-14)12-4-1-5-13(10-12)20-18(25)21-17(23)15-7-3-9-26-15/h1,3-5,7,9-10,14H,2,6,8,11H2,(H,19,22)(H2,20,21,23,25)/t14-/m0/s1. The molecular weight excluding hydrogens is 370 g/mol. The van der Waals surface area contributed by atoms with Gasteiger partial charge in [0.15, 0.2) is 5.11 Å². The van der Waals surface area contributed by atoms with Crippen molar-refractivity contribution in [2.24, 2.45) is 0 Å². The van der Waals surface area contributed by atoms with Gasteiger partial charge in [0, 0.05) is 24.4 Å². The predicted molar refractivity (Wildman–Crippen MR) is 106 cm³/mol. The van der Waals surface area contributed by atoms with Gasteiger partial charge in [-0.2, -0.15) is 0 Å².